The van der Waals surface area contributed by atoms with Crippen LogP contribution in [0.4, 0.5) is 5.69 Å². The standard InChI is InChI=1S/C14H15NO2S/c1-11-6-8-14(9-7-11)18(16,17)15-13-5-3-4-12(2)10-13/h3-10,15H,1-2H3. The van der Waals surface area contributed by atoms with Crippen LogP contribution in [0.3, 0.4) is 0 Å². The number of anilines is 1. The molecule has 0 radical (unpaired) electrons. The predicted molar refractivity (Wildman–Crippen MR) is 73.2 cm³/mol. The zero-order valence-electron chi connectivity index (χ0n) is 10.3. The van der Waals surface area contributed by atoms with E-state index in [-0.39, 0.29) is 4.90 Å². The van der Waals surface area contributed by atoms with Gasteiger partial charge in [-0.3, -0.25) is 4.72 Å². The van der Waals surface area contributed by atoms with Gasteiger partial charge in [-0.15, -0.1) is 0 Å². The van der Waals surface area contributed by atoms with Crippen molar-refractivity contribution in [2.75, 3.05) is 4.72 Å². The van der Waals surface area contributed by atoms with E-state index in [4.69, 9.17) is 0 Å². The zero-order valence-corrected chi connectivity index (χ0v) is 11.2. The fourth-order valence-corrected chi connectivity index (χ4v) is 2.69. The summed E-state index contributed by atoms with van der Waals surface area (Å²) in [6, 6.07) is 14.0. The SMILES string of the molecule is Cc1ccc(S(=O)(=O)Nc2cccc(C)c2)cc1. The van der Waals surface area contributed by atoms with E-state index in [1.807, 2.05) is 26.0 Å². The van der Waals surface area contributed by atoms with Gasteiger partial charge in [-0.25, -0.2) is 8.42 Å². The lowest BCUT2D eigenvalue weighted by Gasteiger charge is -2.08. The number of sulfonamides is 1. The highest BCUT2D eigenvalue weighted by Crippen LogP contribution is 2.17. The van der Waals surface area contributed by atoms with Gasteiger partial charge in [-0.2, -0.15) is 0 Å². The van der Waals surface area contributed by atoms with Crippen molar-refractivity contribution in [2.45, 2.75) is 18.7 Å². The normalized spacial score (nSPS) is 11.2. The van der Waals surface area contributed by atoms with Gasteiger partial charge in [0, 0.05) is 5.69 Å². The Hall–Kier alpha value is -1.81. The smallest absolute Gasteiger partial charge is 0.261 e. The van der Waals surface area contributed by atoms with Crippen molar-refractivity contribution in [1.29, 1.82) is 0 Å². The van der Waals surface area contributed by atoms with E-state index in [1.165, 1.54) is 0 Å². The molecule has 3 nitrogen and oxygen atoms in total. The van der Waals surface area contributed by atoms with Crippen molar-refractivity contribution in [1.82, 2.24) is 0 Å². The molecule has 1 N–H and O–H groups in total. The van der Waals surface area contributed by atoms with E-state index < -0.39 is 10.0 Å². The van der Waals surface area contributed by atoms with E-state index in [0.29, 0.717) is 5.69 Å². The molecular weight excluding hydrogens is 246 g/mol. The minimum absolute atomic E-state index is 0.273. The van der Waals surface area contributed by atoms with Gasteiger partial charge in [-0.1, -0.05) is 29.8 Å². The minimum Gasteiger partial charge on any atom is -0.280 e. The maximum absolute atomic E-state index is 12.1. The monoisotopic (exact) mass is 261 g/mol. The van der Waals surface area contributed by atoms with Crippen molar-refractivity contribution in [2.24, 2.45) is 0 Å². The lowest BCUT2D eigenvalue weighted by molar-refractivity contribution is 0.601. The number of rotatable bonds is 3. The molecule has 2 aromatic carbocycles. The molecule has 0 saturated heterocycles. The van der Waals surface area contributed by atoms with E-state index in [1.54, 1.807) is 36.4 Å². The Morgan fingerprint density at radius 3 is 2.17 bits per heavy atom. The molecule has 4 heteroatoms. The molecular formula is C14H15NO2S. The van der Waals surface area contributed by atoms with Gasteiger partial charge in [0.05, 0.1) is 4.90 Å². The lowest BCUT2D eigenvalue weighted by Crippen LogP contribution is -2.12. The van der Waals surface area contributed by atoms with E-state index in [2.05, 4.69) is 4.72 Å². The molecule has 0 aliphatic carbocycles. The molecule has 0 atom stereocenters. The Labute approximate surface area is 108 Å². The quantitative estimate of drug-likeness (QED) is 0.922. The number of nitrogens with one attached hydrogen (secondary N) is 1. The maximum Gasteiger partial charge on any atom is 0.261 e. The lowest BCUT2D eigenvalue weighted by atomic mass is 10.2. The molecule has 0 bridgehead atoms. The summed E-state index contributed by atoms with van der Waals surface area (Å²) in [6.45, 7) is 3.84. The van der Waals surface area contributed by atoms with Crippen LogP contribution in [0.2, 0.25) is 0 Å². The molecule has 0 aliphatic heterocycles. The van der Waals surface area contributed by atoms with Crippen LogP contribution >= 0.6 is 0 Å². The third-order valence-electron chi connectivity index (χ3n) is 2.60. The second kappa shape index (κ2) is 4.82. The largest absolute Gasteiger partial charge is 0.280 e. The first-order valence-electron chi connectivity index (χ1n) is 5.63. The van der Waals surface area contributed by atoms with Crippen LogP contribution in [0, 0.1) is 13.8 Å². The van der Waals surface area contributed by atoms with Gasteiger partial charge in [0.2, 0.25) is 0 Å². The Balaban J connectivity index is 2.30. The first kappa shape index (κ1) is 12.6. The minimum atomic E-state index is -3.50. The third-order valence-corrected chi connectivity index (χ3v) is 4.00. The fraction of sp³-hybridized carbons (Fsp3) is 0.143. The first-order chi connectivity index (χ1) is 8.47. The van der Waals surface area contributed by atoms with Crippen molar-refractivity contribution < 1.29 is 8.42 Å². The second-order valence-corrected chi connectivity index (χ2v) is 5.97. The summed E-state index contributed by atoms with van der Waals surface area (Å²) >= 11 is 0. The van der Waals surface area contributed by atoms with Gasteiger partial charge in [0.15, 0.2) is 0 Å². The Morgan fingerprint density at radius 2 is 1.56 bits per heavy atom. The van der Waals surface area contributed by atoms with Gasteiger partial charge in [0.25, 0.3) is 10.0 Å². The molecule has 0 fully saturated rings. The average Bonchev–Trinajstić information content (AvgIpc) is 2.29. The molecule has 0 saturated carbocycles. The van der Waals surface area contributed by atoms with Crippen molar-refractivity contribution in [3.8, 4) is 0 Å². The number of aryl methyl sites for hydroxylation is 2. The highest BCUT2D eigenvalue weighted by molar-refractivity contribution is 7.92. The van der Waals surface area contributed by atoms with Crippen LogP contribution < -0.4 is 4.72 Å². The van der Waals surface area contributed by atoms with Crippen LogP contribution in [0.5, 0.6) is 0 Å². The topological polar surface area (TPSA) is 46.2 Å². The molecule has 0 aromatic heterocycles. The fourth-order valence-electron chi connectivity index (χ4n) is 1.64. The van der Waals surface area contributed by atoms with E-state index >= 15 is 0 Å². The average molecular weight is 261 g/mol. The Morgan fingerprint density at radius 1 is 0.889 bits per heavy atom. The predicted octanol–water partition coefficient (Wildman–Crippen LogP) is 3.10. The molecule has 0 aliphatic rings. The van der Waals surface area contributed by atoms with Crippen LogP contribution in [0.25, 0.3) is 0 Å². The number of hydrogen-bond acceptors (Lipinski definition) is 2. The van der Waals surface area contributed by atoms with Crippen molar-refractivity contribution in [3.63, 3.8) is 0 Å². The molecule has 0 unspecified atom stereocenters. The third kappa shape index (κ3) is 2.90. The zero-order chi connectivity index (χ0) is 13.2. The molecule has 2 aromatic rings. The summed E-state index contributed by atoms with van der Waals surface area (Å²) in [5.41, 5.74) is 2.62. The summed E-state index contributed by atoms with van der Waals surface area (Å²) < 4.78 is 26.8. The molecule has 0 spiro atoms. The molecule has 2 rings (SSSR count). The number of benzene rings is 2. The highest BCUT2D eigenvalue weighted by Gasteiger charge is 2.13. The molecule has 18 heavy (non-hydrogen) atoms. The Bertz CT molecular complexity index is 646. The first-order valence-corrected chi connectivity index (χ1v) is 7.12. The summed E-state index contributed by atoms with van der Waals surface area (Å²) in [7, 11) is -3.50. The van der Waals surface area contributed by atoms with Crippen LogP contribution in [0.1, 0.15) is 11.1 Å². The van der Waals surface area contributed by atoms with Crippen LogP contribution in [0.15, 0.2) is 53.4 Å². The van der Waals surface area contributed by atoms with Gasteiger partial charge in [0.1, 0.15) is 0 Å². The van der Waals surface area contributed by atoms with Crippen LogP contribution in [-0.4, -0.2) is 8.42 Å². The molecule has 0 amide bonds. The van der Waals surface area contributed by atoms with Gasteiger partial charge >= 0.3 is 0 Å². The maximum atomic E-state index is 12.1. The van der Waals surface area contributed by atoms with Gasteiger partial charge in [-0.05, 0) is 43.7 Å². The highest BCUT2D eigenvalue weighted by atomic mass is 32.2. The van der Waals surface area contributed by atoms with Crippen molar-refractivity contribution in [3.05, 3.63) is 59.7 Å². The summed E-state index contributed by atoms with van der Waals surface area (Å²) in [4.78, 5) is 0.273. The Kier molecular flexibility index (Phi) is 3.39. The van der Waals surface area contributed by atoms with E-state index in [0.717, 1.165) is 11.1 Å². The van der Waals surface area contributed by atoms with Gasteiger partial charge < -0.3 is 0 Å². The van der Waals surface area contributed by atoms with E-state index in [9.17, 15) is 8.42 Å². The van der Waals surface area contributed by atoms with Crippen LogP contribution in [-0.2, 0) is 10.0 Å². The molecule has 0 heterocycles. The molecule has 94 valence electrons. The number of hydrogen-bond donors (Lipinski definition) is 1. The summed E-state index contributed by atoms with van der Waals surface area (Å²) in [5.74, 6) is 0. The summed E-state index contributed by atoms with van der Waals surface area (Å²) in [5, 5.41) is 0. The van der Waals surface area contributed by atoms with Crippen molar-refractivity contribution >= 4 is 15.7 Å². The second-order valence-electron chi connectivity index (χ2n) is 4.29. The summed E-state index contributed by atoms with van der Waals surface area (Å²) in [6.07, 6.45) is 0.